The van der Waals surface area contributed by atoms with Crippen LogP contribution in [0.2, 0.25) is 0 Å². The van der Waals surface area contributed by atoms with Gasteiger partial charge in [0.25, 0.3) is 0 Å². The van der Waals surface area contributed by atoms with Crippen molar-refractivity contribution >= 4 is 17.4 Å². The number of halogens is 1. The molecule has 3 nitrogen and oxygen atoms in total. The Kier molecular flexibility index (Phi) is 4.43. The maximum Gasteiger partial charge on any atom is 0.163 e. The van der Waals surface area contributed by atoms with Gasteiger partial charge in [0, 0.05) is 11.9 Å². The summed E-state index contributed by atoms with van der Waals surface area (Å²) in [6, 6.07) is 4.64. The molecule has 0 radical (unpaired) electrons. The minimum atomic E-state index is -0.167. The van der Waals surface area contributed by atoms with Crippen molar-refractivity contribution in [2.45, 2.75) is 13.3 Å². The number of rotatable bonds is 5. The summed E-state index contributed by atoms with van der Waals surface area (Å²) in [5, 5.41) is 9.49. The number of aromatic hydroxyl groups is 1. The lowest BCUT2D eigenvalue weighted by molar-refractivity contribution is 0.101. The lowest BCUT2D eigenvalue weighted by Crippen LogP contribution is -1.99. The fourth-order valence-corrected chi connectivity index (χ4v) is 1.25. The number of phenolic OH excluding ortho intramolecular Hbond substituents is 1. The van der Waals surface area contributed by atoms with Crippen LogP contribution in [0.3, 0.4) is 0 Å². The van der Waals surface area contributed by atoms with Gasteiger partial charge < -0.3 is 9.84 Å². The second-order valence-electron chi connectivity index (χ2n) is 3.13. The minimum Gasteiger partial charge on any atom is -0.507 e. The van der Waals surface area contributed by atoms with E-state index in [1.807, 2.05) is 0 Å². The number of carbonyl (C=O) groups excluding carboxylic acids is 1. The summed E-state index contributed by atoms with van der Waals surface area (Å²) >= 11 is 5.49. The molecule has 0 amide bonds. The van der Waals surface area contributed by atoms with Crippen molar-refractivity contribution < 1.29 is 14.6 Å². The van der Waals surface area contributed by atoms with Gasteiger partial charge in [-0.25, -0.2) is 0 Å². The van der Waals surface area contributed by atoms with Crippen LogP contribution in [0.25, 0.3) is 0 Å². The fourth-order valence-electron chi connectivity index (χ4n) is 1.14. The molecule has 0 saturated carbocycles. The third-order valence-corrected chi connectivity index (χ3v) is 2.16. The maximum atomic E-state index is 11.0. The third-order valence-electron chi connectivity index (χ3n) is 1.90. The van der Waals surface area contributed by atoms with Crippen molar-refractivity contribution in [2.24, 2.45) is 0 Å². The Labute approximate surface area is 93.6 Å². The van der Waals surface area contributed by atoms with Crippen LogP contribution in [-0.2, 0) is 0 Å². The zero-order chi connectivity index (χ0) is 11.3. The summed E-state index contributed by atoms with van der Waals surface area (Å²) in [5.74, 6) is 0.866. The van der Waals surface area contributed by atoms with Gasteiger partial charge in [-0.1, -0.05) is 0 Å². The number of hydrogen-bond acceptors (Lipinski definition) is 3. The summed E-state index contributed by atoms with van der Waals surface area (Å²) < 4.78 is 5.31. The predicted molar refractivity (Wildman–Crippen MR) is 58.9 cm³/mol. The second-order valence-corrected chi connectivity index (χ2v) is 3.50. The maximum absolute atomic E-state index is 11.0. The molecule has 1 N–H and O–H groups in total. The van der Waals surface area contributed by atoms with E-state index in [2.05, 4.69) is 0 Å². The van der Waals surface area contributed by atoms with Gasteiger partial charge in [0.1, 0.15) is 11.5 Å². The van der Waals surface area contributed by atoms with Gasteiger partial charge in [-0.2, -0.15) is 0 Å². The standard InChI is InChI=1S/C11H13ClO3/c1-8(13)10-4-3-9(7-11(10)14)15-6-2-5-12/h3-4,7,14H,2,5-6H2,1H3. The average Bonchev–Trinajstić information content (AvgIpc) is 2.17. The van der Waals surface area contributed by atoms with E-state index in [1.165, 1.54) is 13.0 Å². The highest BCUT2D eigenvalue weighted by Crippen LogP contribution is 2.23. The molecule has 82 valence electrons. The van der Waals surface area contributed by atoms with E-state index >= 15 is 0 Å². The van der Waals surface area contributed by atoms with E-state index in [0.717, 1.165) is 6.42 Å². The van der Waals surface area contributed by atoms with Crippen molar-refractivity contribution in [3.8, 4) is 11.5 Å². The molecule has 15 heavy (non-hydrogen) atoms. The molecule has 0 bridgehead atoms. The predicted octanol–water partition coefficient (Wildman–Crippen LogP) is 2.60. The third kappa shape index (κ3) is 3.44. The van der Waals surface area contributed by atoms with E-state index in [0.29, 0.717) is 23.8 Å². The lowest BCUT2D eigenvalue weighted by Gasteiger charge is -2.06. The van der Waals surface area contributed by atoms with E-state index in [4.69, 9.17) is 16.3 Å². The molecular weight excluding hydrogens is 216 g/mol. The first-order chi connectivity index (χ1) is 7.15. The fraction of sp³-hybridized carbons (Fsp3) is 0.364. The molecule has 0 heterocycles. The van der Waals surface area contributed by atoms with E-state index in [1.54, 1.807) is 12.1 Å². The van der Waals surface area contributed by atoms with Gasteiger partial charge in [0.15, 0.2) is 5.78 Å². The molecule has 0 aromatic heterocycles. The highest BCUT2D eigenvalue weighted by molar-refractivity contribution is 6.17. The number of ketones is 1. The molecule has 0 atom stereocenters. The SMILES string of the molecule is CC(=O)c1ccc(OCCCCl)cc1O. The van der Waals surface area contributed by atoms with Crippen LogP contribution in [0.5, 0.6) is 11.5 Å². The van der Waals surface area contributed by atoms with Gasteiger partial charge in [0.2, 0.25) is 0 Å². The van der Waals surface area contributed by atoms with Gasteiger partial charge in [0.05, 0.1) is 12.2 Å². The first kappa shape index (κ1) is 11.9. The Morgan fingerprint density at radius 3 is 2.80 bits per heavy atom. The summed E-state index contributed by atoms with van der Waals surface area (Å²) in [6.45, 7) is 1.91. The molecule has 0 fully saturated rings. The first-order valence-corrected chi connectivity index (χ1v) is 5.21. The highest BCUT2D eigenvalue weighted by atomic mass is 35.5. The van der Waals surface area contributed by atoms with Gasteiger partial charge >= 0.3 is 0 Å². The quantitative estimate of drug-likeness (QED) is 0.479. The monoisotopic (exact) mass is 228 g/mol. The van der Waals surface area contributed by atoms with Crippen LogP contribution < -0.4 is 4.74 Å². The Bertz CT molecular complexity index is 350. The van der Waals surface area contributed by atoms with E-state index in [9.17, 15) is 9.90 Å². The topological polar surface area (TPSA) is 46.5 Å². The number of hydrogen-bond donors (Lipinski definition) is 1. The lowest BCUT2D eigenvalue weighted by atomic mass is 10.1. The van der Waals surface area contributed by atoms with Crippen LogP contribution in [-0.4, -0.2) is 23.4 Å². The molecule has 0 aliphatic rings. The Morgan fingerprint density at radius 2 is 2.27 bits per heavy atom. The van der Waals surface area contributed by atoms with Crippen molar-refractivity contribution in [1.82, 2.24) is 0 Å². The number of Topliss-reactive ketones (excluding diaryl/α,β-unsaturated/α-hetero) is 1. The minimum absolute atomic E-state index is 0.0501. The first-order valence-electron chi connectivity index (χ1n) is 4.68. The molecular formula is C11H13ClO3. The average molecular weight is 229 g/mol. The molecule has 1 aromatic carbocycles. The highest BCUT2D eigenvalue weighted by Gasteiger charge is 2.07. The number of carbonyl (C=O) groups is 1. The molecule has 0 spiro atoms. The van der Waals surface area contributed by atoms with Gasteiger partial charge in [-0.15, -0.1) is 11.6 Å². The molecule has 1 rings (SSSR count). The molecule has 0 aliphatic heterocycles. The second kappa shape index (κ2) is 5.61. The number of phenols is 1. The van der Waals surface area contributed by atoms with Crippen molar-refractivity contribution in [2.75, 3.05) is 12.5 Å². The zero-order valence-electron chi connectivity index (χ0n) is 8.50. The largest absolute Gasteiger partial charge is 0.507 e. The van der Waals surface area contributed by atoms with Crippen LogP contribution >= 0.6 is 11.6 Å². The Balaban J connectivity index is 2.69. The van der Waals surface area contributed by atoms with Crippen molar-refractivity contribution in [3.63, 3.8) is 0 Å². The normalized spacial score (nSPS) is 10.0. The van der Waals surface area contributed by atoms with Crippen molar-refractivity contribution in [3.05, 3.63) is 23.8 Å². The van der Waals surface area contributed by atoms with E-state index < -0.39 is 0 Å². The van der Waals surface area contributed by atoms with Crippen molar-refractivity contribution in [1.29, 1.82) is 0 Å². The number of alkyl halides is 1. The molecule has 0 unspecified atom stereocenters. The zero-order valence-corrected chi connectivity index (χ0v) is 9.25. The van der Waals surface area contributed by atoms with Gasteiger partial charge in [-0.05, 0) is 25.5 Å². The van der Waals surface area contributed by atoms with E-state index in [-0.39, 0.29) is 11.5 Å². The summed E-state index contributed by atoms with van der Waals surface area (Å²) in [6.07, 6.45) is 0.747. The summed E-state index contributed by atoms with van der Waals surface area (Å²) in [4.78, 5) is 11.0. The summed E-state index contributed by atoms with van der Waals surface area (Å²) in [5.41, 5.74) is 0.305. The Morgan fingerprint density at radius 1 is 1.53 bits per heavy atom. The Hall–Kier alpha value is -1.22. The molecule has 0 aliphatic carbocycles. The summed E-state index contributed by atoms with van der Waals surface area (Å²) in [7, 11) is 0. The molecule has 1 aromatic rings. The van der Waals surface area contributed by atoms with Crippen LogP contribution in [0, 0.1) is 0 Å². The van der Waals surface area contributed by atoms with Crippen LogP contribution in [0.1, 0.15) is 23.7 Å². The molecule has 4 heteroatoms. The van der Waals surface area contributed by atoms with Crippen LogP contribution in [0.15, 0.2) is 18.2 Å². The smallest absolute Gasteiger partial charge is 0.163 e. The van der Waals surface area contributed by atoms with Crippen LogP contribution in [0.4, 0.5) is 0 Å². The molecule has 0 saturated heterocycles. The number of ether oxygens (including phenoxy) is 1. The van der Waals surface area contributed by atoms with Gasteiger partial charge in [-0.3, -0.25) is 4.79 Å². The number of benzene rings is 1.